The number of benzene rings is 2. The lowest BCUT2D eigenvalue weighted by molar-refractivity contribution is -0.0498. The van der Waals surface area contributed by atoms with Crippen LogP contribution >= 0.6 is 0 Å². The Morgan fingerprint density at radius 1 is 0.963 bits per heavy atom. The monoisotopic (exact) mass is 381 g/mol. The van der Waals surface area contributed by atoms with E-state index in [2.05, 4.69) is 10.1 Å². The maximum Gasteiger partial charge on any atom is 0.387 e. The standard InChI is InChI=1S/C19H21F2NO5/c1-24-15-11-17(26-3)16(25-2)10-14(15)18(23)22-9-8-12-4-6-13(7-5-12)27-19(20)21/h4-7,10-11,19H,8-9H2,1-3H3,(H,22,23). The Bertz CT molecular complexity index is 765. The lowest BCUT2D eigenvalue weighted by atomic mass is 10.1. The molecular weight excluding hydrogens is 360 g/mol. The van der Waals surface area contributed by atoms with Crippen LogP contribution in [-0.4, -0.2) is 40.4 Å². The minimum atomic E-state index is -2.85. The topological polar surface area (TPSA) is 66.0 Å². The molecule has 146 valence electrons. The number of halogens is 2. The van der Waals surface area contributed by atoms with Gasteiger partial charge in [-0.15, -0.1) is 0 Å². The van der Waals surface area contributed by atoms with Crippen molar-refractivity contribution in [1.82, 2.24) is 5.32 Å². The highest BCUT2D eigenvalue weighted by Gasteiger charge is 2.17. The lowest BCUT2D eigenvalue weighted by Crippen LogP contribution is -2.26. The van der Waals surface area contributed by atoms with Crippen molar-refractivity contribution in [1.29, 1.82) is 0 Å². The molecule has 0 aliphatic rings. The lowest BCUT2D eigenvalue weighted by Gasteiger charge is -2.14. The summed E-state index contributed by atoms with van der Waals surface area (Å²) in [6, 6.07) is 9.38. The quantitative estimate of drug-likeness (QED) is 0.722. The van der Waals surface area contributed by atoms with E-state index in [9.17, 15) is 13.6 Å². The van der Waals surface area contributed by atoms with Gasteiger partial charge in [-0.05, 0) is 24.1 Å². The number of carbonyl (C=O) groups excluding carboxylic acids is 1. The Hall–Kier alpha value is -3.03. The third-order valence-electron chi connectivity index (χ3n) is 3.80. The second kappa shape index (κ2) is 9.61. The average molecular weight is 381 g/mol. The highest BCUT2D eigenvalue weighted by atomic mass is 19.3. The van der Waals surface area contributed by atoms with E-state index >= 15 is 0 Å². The Labute approximate surface area is 156 Å². The molecule has 0 fully saturated rings. The zero-order valence-corrected chi connectivity index (χ0v) is 15.3. The van der Waals surface area contributed by atoms with Crippen LogP contribution < -0.4 is 24.3 Å². The van der Waals surface area contributed by atoms with E-state index in [4.69, 9.17) is 14.2 Å². The van der Waals surface area contributed by atoms with Crippen LogP contribution in [0.1, 0.15) is 15.9 Å². The van der Waals surface area contributed by atoms with Gasteiger partial charge in [-0.1, -0.05) is 12.1 Å². The summed E-state index contributed by atoms with van der Waals surface area (Å²) < 4.78 is 44.2. The minimum Gasteiger partial charge on any atom is -0.496 e. The normalized spacial score (nSPS) is 10.4. The van der Waals surface area contributed by atoms with Crippen LogP contribution in [0.2, 0.25) is 0 Å². The van der Waals surface area contributed by atoms with Crippen LogP contribution in [0.3, 0.4) is 0 Å². The number of methoxy groups -OCH3 is 3. The van der Waals surface area contributed by atoms with Crippen molar-refractivity contribution in [3.63, 3.8) is 0 Å². The SMILES string of the molecule is COc1cc(OC)c(C(=O)NCCc2ccc(OC(F)F)cc2)cc1OC. The van der Waals surface area contributed by atoms with Crippen LogP contribution in [0, 0.1) is 0 Å². The maximum atomic E-state index is 12.5. The first kappa shape index (κ1) is 20.3. The van der Waals surface area contributed by atoms with Crippen LogP contribution in [0.25, 0.3) is 0 Å². The van der Waals surface area contributed by atoms with Gasteiger partial charge >= 0.3 is 6.61 Å². The molecule has 0 saturated carbocycles. The van der Waals surface area contributed by atoms with Crippen LogP contribution in [0.15, 0.2) is 36.4 Å². The predicted molar refractivity (Wildman–Crippen MR) is 95.2 cm³/mol. The molecule has 0 heterocycles. The molecule has 0 spiro atoms. The van der Waals surface area contributed by atoms with Crippen molar-refractivity contribution in [2.75, 3.05) is 27.9 Å². The van der Waals surface area contributed by atoms with Crippen LogP contribution in [0.4, 0.5) is 8.78 Å². The molecule has 2 aromatic carbocycles. The Balaban J connectivity index is 1.99. The fraction of sp³-hybridized carbons (Fsp3) is 0.316. The van der Waals surface area contributed by atoms with Crippen molar-refractivity contribution < 1.29 is 32.5 Å². The Morgan fingerprint density at radius 2 is 1.56 bits per heavy atom. The van der Waals surface area contributed by atoms with Crippen molar-refractivity contribution >= 4 is 5.91 Å². The van der Waals surface area contributed by atoms with Crippen molar-refractivity contribution in [2.24, 2.45) is 0 Å². The minimum absolute atomic E-state index is 0.0906. The summed E-state index contributed by atoms with van der Waals surface area (Å²) >= 11 is 0. The molecule has 0 aromatic heterocycles. The van der Waals surface area contributed by atoms with Gasteiger partial charge in [0.1, 0.15) is 11.5 Å². The summed E-state index contributed by atoms with van der Waals surface area (Å²) in [4.78, 5) is 12.5. The number of carbonyl (C=O) groups is 1. The first-order chi connectivity index (χ1) is 13.0. The molecule has 8 heteroatoms. The molecule has 2 rings (SSSR count). The fourth-order valence-electron chi connectivity index (χ4n) is 2.46. The molecule has 1 amide bonds. The molecule has 6 nitrogen and oxygen atoms in total. The molecule has 27 heavy (non-hydrogen) atoms. The second-order valence-corrected chi connectivity index (χ2v) is 5.44. The van der Waals surface area contributed by atoms with E-state index in [1.54, 1.807) is 24.3 Å². The van der Waals surface area contributed by atoms with Crippen molar-refractivity contribution in [3.8, 4) is 23.0 Å². The molecule has 0 bridgehead atoms. The summed E-state index contributed by atoms with van der Waals surface area (Å²) in [7, 11) is 4.43. The van der Waals surface area contributed by atoms with E-state index in [-0.39, 0.29) is 11.7 Å². The van der Waals surface area contributed by atoms with Gasteiger partial charge in [0.15, 0.2) is 11.5 Å². The van der Waals surface area contributed by atoms with Gasteiger partial charge in [-0.25, -0.2) is 0 Å². The molecule has 0 aliphatic carbocycles. The molecular formula is C19H21F2NO5. The van der Waals surface area contributed by atoms with Gasteiger partial charge in [0, 0.05) is 18.7 Å². The summed E-state index contributed by atoms with van der Waals surface area (Å²) in [6.07, 6.45) is 0.524. The van der Waals surface area contributed by atoms with Crippen molar-refractivity contribution in [3.05, 3.63) is 47.5 Å². The first-order valence-corrected chi connectivity index (χ1v) is 8.10. The number of rotatable bonds is 9. The van der Waals surface area contributed by atoms with E-state index < -0.39 is 6.61 Å². The number of hydrogen-bond acceptors (Lipinski definition) is 5. The molecule has 0 radical (unpaired) electrons. The van der Waals surface area contributed by atoms with Gasteiger partial charge < -0.3 is 24.3 Å². The van der Waals surface area contributed by atoms with Gasteiger partial charge in [-0.3, -0.25) is 4.79 Å². The summed E-state index contributed by atoms with van der Waals surface area (Å²) in [6.45, 7) is -2.50. The average Bonchev–Trinajstić information content (AvgIpc) is 2.67. The molecule has 2 aromatic rings. The highest BCUT2D eigenvalue weighted by molar-refractivity contribution is 5.97. The van der Waals surface area contributed by atoms with Crippen molar-refractivity contribution in [2.45, 2.75) is 13.0 Å². The number of alkyl halides is 2. The summed E-state index contributed by atoms with van der Waals surface area (Å²) in [5.41, 5.74) is 1.19. The number of hydrogen-bond donors (Lipinski definition) is 1. The van der Waals surface area contributed by atoms with Gasteiger partial charge in [0.25, 0.3) is 5.91 Å². The van der Waals surface area contributed by atoms with Gasteiger partial charge in [0.05, 0.1) is 26.9 Å². The highest BCUT2D eigenvalue weighted by Crippen LogP contribution is 2.34. The predicted octanol–water partition coefficient (Wildman–Crippen LogP) is 3.29. The van der Waals surface area contributed by atoms with Crippen LogP contribution in [-0.2, 0) is 6.42 Å². The number of nitrogens with one attached hydrogen (secondary N) is 1. The Morgan fingerprint density at radius 3 is 2.11 bits per heavy atom. The fourth-order valence-corrected chi connectivity index (χ4v) is 2.46. The number of amides is 1. The van der Waals surface area contributed by atoms with E-state index in [1.807, 2.05) is 0 Å². The molecule has 0 unspecified atom stereocenters. The summed E-state index contributed by atoms with van der Waals surface area (Å²) in [5, 5.41) is 2.79. The Kier molecular flexibility index (Phi) is 7.22. The molecule has 1 N–H and O–H groups in total. The number of ether oxygens (including phenoxy) is 4. The molecule has 0 atom stereocenters. The third-order valence-corrected chi connectivity index (χ3v) is 3.80. The second-order valence-electron chi connectivity index (χ2n) is 5.44. The summed E-state index contributed by atoms with van der Waals surface area (Å²) in [5.74, 6) is 0.993. The van der Waals surface area contributed by atoms with E-state index in [0.717, 1.165) is 5.56 Å². The molecule has 0 aliphatic heterocycles. The maximum absolute atomic E-state index is 12.5. The zero-order valence-electron chi connectivity index (χ0n) is 15.3. The van der Waals surface area contributed by atoms with E-state index in [1.165, 1.54) is 33.5 Å². The third kappa shape index (κ3) is 5.47. The van der Waals surface area contributed by atoms with E-state index in [0.29, 0.717) is 35.8 Å². The van der Waals surface area contributed by atoms with Gasteiger partial charge in [0.2, 0.25) is 0 Å². The smallest absolute Gasteiger partial charge is 0.387 e. The van der Waals surface area contributed by atoms with Crippen LogP contribution in [0.5, 0.6) is 23.0 Å². The molecule has 0 saturated heterocycles. The first-order valence-electron chi connectivity index (χ1n) is 8.10. The largest absolute Gasteiger partial charge is 0.496 e. The van der Waals surface area contributed by atoms with Gasteiger partial charge in [-0.2, -0.15) is 8.78 Å². The zero-order chi connectivity index (χ0) is 19.8.